The third-order valence-electron chi connectivity index (χ3n) is 4.67. The van der Waals surface area contributed by atoms with Gasteiger partial charge in [0.05, 0.1) is 37.4 Å². The summed E-state index contributed by atoms with van der Waals surface area (Å²) in [7, 11) is 0. The van der Waals surface area contributed by atoms with E-state index in [0.717, 1.165) is 61.4 Å². The van der Waals surface area contributed by atoms with Gasteiger partial charge in [0, 0.05) is 6.42 Å². The number of hydrogen-bond acceptors (Lipinski definition) is 2. The molecule has 1 aromatic heterocycles. The summed E-state index contributed by atoms with van der Waals surface area (Å²) in [4.78, 5) is 16.9. The Balaban J connectivity index is 1.51. The van der Waals surface area contributed by atoms with Crippen LogP contribution in [0.3, 0.4) is 0 Å². The molecule has 5 nitrogen and oxygen atoms in total. The maximum absolute atomic E-state index is 12.2. The van der Waals surface area contributed by atoms with Gasteiger partial charge in [-0.05, 0) is 23.9 Å². The fraction of sp³-hybridized carbons (Fsp3) is 0.500. The van der Waals surface area contributed by atoms with Gasteiger partial charge in [0.1, 0.15) is 19.6 Å². The summed E-state index contributed by atoms with van der Waals surface area (Å²) in [5, 5.41) is 3.36. The van der Waals surface area contributed by atoms with Gasteiger partial charge in [0.15, 0.2) is 0 Å². The lowest BCUT2D eigenvalue weighted by molar-refractivity contribution is -0.909. The van der Waals surface area contributed by atoms with Gasteiger partial charge in [-0.1, -0.05) is 18.2 Å². The summed E-state index contributed by atoms with van der Waals surface area (Å²) in [5.74, 6) is 0. The van der Waals surface area contributed by atoms with Crippen LogP contribution >= 0.6 is 0 Å². The predicted molar refractivity (Wildman–Crippen MR) is 90.8 cm³/mol. The van der Waals surface area contributed by atoms with Gasteiger partial charge < -0.3 is 19.9 Å². The molecular formula is C18H27N3O2+2. The Bertz CT molecular complexity index is 705. The number of para-hydroxylation sites is 1. The van der Waals surface area contributed by atoms with Crippen LogP contribution < -0.4 is 15.8 Å². The molecule has 0 radical (unpaired) electrons. The fourth-order valence-electron chi connectivity index (χ4n) is 3.24. The molecule has 2 aromatic rings. The van der Waals surface area contributed by atoms with Crippen LogP contribution in [0.4, 0.5) is 0 Å². The van der Waals surface area contributed by atoms with Crippen LogP contribution in [0, 0.1) is 6.92 Å². The quantitative estimate of drug-likeness (QED) is 0.611. The molecule has 0 amide bonds. The van der Waals surface area contributed by atoms with Gasteiger partial charge in [0.25, 0.3) is 5.56 Å². The number of morpholine rings is 1. The van der Waals surface area contributed by atoms with Crippen molar-refractivity contribution >= 4 is 10.9 Å². The molecule has 0 bridgehead atoms. The van der Waals surface area contributed by atoms with E-state index in [0.29, 0.717) is 0 Å². The molecule has 0 spiro atoms. The molecule has 1 saturated heterocycles. The molecule has 1 aromatic carbocycles. The van der Waals surface area contributed by atoms with E-state index in [1.165, 1.54) is 13.0 Å². The van der Waals surface area contributed by atoms with Crippen molar-refractivity contribution in [1.29, 1.82) is 0 Å². The van der Waals surface area contributed by atoms with Gasteiger partial charge in [-0.2, -0.15) is 0 Å². The summed E-state index contributed by atoms with van der Waals surface area (Å²) >= 11 is 0. The van der Waals surface area contributed by atoms with E-state index >= 15 is 0 Å². The number of rotatable bonds is 6. The number of nitrogens with two attached hydrogens (primary N) is 1. The Labute approximate surface area is 136 Å². The molecule has 1 fully saturated rings. The maximum Gasteiger partial charge on any atom is 0.257 e. The number of hydrogen-bond donors (Lipinski definition) is 3. The van der Waals surface area contributed by atoms with Gasteiger partial charge >= 0.3 is 0 Å². The summed E-state index contributed by atoms with van der Waals surface area (Å²) < 4.78 is 5.37. The van der Waals surface area contributed by atoms with E-state index < -0.39 is 0 Å². The average Bonchev–Trinajstić information content (AvgIpc) is 2.57. The Morgan fingerprint density at radius 1 is 1.30 bits per heavy atom. The molecule has 0 atom stereocenters. The van der Waals surface area contributed by atoms with Crippen molar-refractivity contribution < 1.29 is 15.0 Å². The smallest absolute Gasteiger partial charge is 0.257 e. The monoisotopic (exact) mass is 317 g/mol. The van der Waals surface area contributed by atoms with Crippen LogP contribution in [0.1, 0.15) is 17.5 Å². The van der Waals surface area contributed by atoms with Crippen LogP contribution in [0.15, 0.2) is 29.1 Å². The number of nitrogens with one attached hydrogen (secondary N) is 2. The topological polar surface area (TPSA) is 63.1 Å². The Kier molecular flexibility index (Phi) is 5.43. The van der Waals surface area contributed by atoms with Crippen LogP contribution in [-0.2, 0) is 11.3 Å². The Hall–Kier alpha value is -1.69. The van der Waals surface area contributed by atoms with Crippen LogP contribution in [0.25, 0.3) is 10.9 Å². The zero-order chi connectivity index (χ0) is 16.1. The van der Waals surface area contributed by atoms with Gasteiger partial charge in [0.2, 0.25) is 0 Å². The second-order valence-corrected chi connectivity index (χ2v) is 6.41. The van der Waals surface area contributed by atoms with Crippen molar-refractivity contribution in [3.05, 3.63) is 45.7 Å². The fourth-order valence-corrected chi connectivity index (χ4v) is 3.24. The maximum atomic E-state index is 12.2. The Morgan fingerprint density at radius 2 is 2.13 bits per heavy atom. The third-order valence-corrected chi connectivity index (χ3v) is 4.67. The number of pyridine rings is 1. The highest BCUT2D eigenvalue weighted by molar-refractivity contribution is 5.81. The van der Waals surface area contributed by atoms with E-state index in [4.69, 9.17) is 4.74 Å². The number of aromatic nitrogens is 1. The Morgan fingerprint density at radius 3 is 2.96 bits per heavy atom. The second-order valence-electron chi connectivity index (χ2n) is 6.41. The van der Waals surface area contributed by atoms with Crippen LogP contribution in [-0.4, -0.2) is 44.4 Å². The molecule has 23 heavy (non-hydrogen) atoms. The lowest BCUT2D eigenvalue weighted by atomic mass is 10.1. The van der Waals surface area contributed by atoms with Crippen LogP contribution in [0.2, 0.25) is 0 Å². The summed E-state index contributed by atoms with van der Waals surface area (Å²) in [6.07, 6.45) is 1.18. The first-order valence-corrected chi connectivity index (χ1v) is 8.58. The molecule has 4 N–H and O–H groups in total. The second kappa shape index (κ2) is 7.73. The van der Waals surface area contributed by atoms with Crippen molar-refractivity contribution in [3.8, 4) is 0 Å². The van der Waals surface area contributed by atoms with E-state index in [1.54, 1.807) is 4.90 Å². The molecule has 124 valence electrons. The van der Waals surface area contributed by atoms with Crippen molar-refractivity contribution in [2.24, 2.45) is 0 Å². The summed E-state index contributed by atoms with van der Waals surface area (Å²) in [5.41, 5.74) is 2.98. The molecule has 0 aliphatic carbocycles. The molecular weight excluding hydrogens is 290 g/mol. The highest BCUT2D eigenvalue weighted by Gasteiger charge is 2.13. The minimum absolute atomic E-state index is 0.0434. The largest absolute Gasteiger partial charge is 0.370 e. The van der Waals surface area contributed by atoms with Gasteiger partial charge in [-0.15, -0.1) is 0 Å². The van der Waals surface area contributed by atoms with Gasteiger partial charge in [-0.3, -0.25) is 4.79 Å². The first-order chi connectivity index (χ1) is 11.2. The zero-order valence-electron chi connectivity index (χ0n) is 13.9. The van der Waals surface area contributed by atoms with Gasteiger partial charge in [-0.25, -0.2) is 0 Å². The number of benzene rings is 1. The first-order valence-electron chi connectivity index (χ1n) is 8.58. The minimum Gasteiger partial charge on any atom is -0.370 e. The zero-order valence-corrected chi connectivity index (χ0v) is 13.9. The minimum atomic E-state index is 0.0434. The highest BCUT2D eigenvalue weighted by atomic mass is 16.5. The number of aryl methyl sites for hydroxylation is 1. The highest BCUT2D eigenvalue weighted by Crippen LogP contribution is 2.14. The molecule has 3 rings (SSSR count). The molecule has 1 aliphatic heterocycles. The normalized spacial score (nSPS) is 16.0. The molecule has 0 unspecified atom stereocenters. The number of quaternary nitrogens is 2. The van der Waals surface area contributed by atoms with Crippen molar-refractivity contribution in [3.63, 3.8) is 0 Å². The molecule has 2 heterocycles. The first kappa shape index (κ1) is 16.2. The van der Waals surface area contributed by atoms with E-state index in [1.807, 2.05) is 25.1 Å². The van der Waals surface area contributed by atoms with Crippen LogP contribution in [0.5, 0.6) is 0 Å². The standard InChI is InChI=1S/C18H25N3O2/c1-14-4-2-5-15-12-16(18(22)20-17(14)15)13-19-6-3-7-21-8-10-23-11-9-21/h2,4-5,12,19H,3,6-11,13H2,1H3,(H,20,22)/p+2. The number of aromatic amines is 1. The SMILES string of the molecule is Cc1cccc2cc(C[NH2+]CCC[NH+]3CCOCC3)c(=O)[nH]c12. The van der Waals surface area contributed by atoms with E-state index in [2.05, 4.69) is 16.4 Å². The van der Waals surface area contributed by atoms with E-state index in [9.17, 15) is 4.79 Å². The molecule has 1 aliphatic rings. The third kappa shape index (κ3) is 4.19. The molecule has 0 saturated carbocycles. The number of ether oxygens (including phenoxy) is 1. The van der Waals surface area contributed by atoms with Crippen molar-refractivity contribution in [2.45, 2.75) is 19.9 Å². The average molecular weight is 317 g/mol. The lowest BCUT2D eigenvalue weighted by Crippen LogP contribution is -3.14. The predicted octanol–water partition coefficient (Wildman–Crippen LogP) is -0.795. The van der Waals surface area contributed by atoms with Crippen molar-refractivity contribution in [2.75, 3.05) is 39.4 Å². The summed E-state index contributed by atoms with van der Waals surface area (Å²) in [6, 6.07) is 8.15. The number of H-pyrrole nitrogens is 1. The van der Waals surface area contributed by atoms with E-state index in [-0.39, 0.29) is 5.56 Å². The number of fused-ring (bicyclic) bond motifs is 1. The lowest BCUT2D eigenvalue weighted by Gasteiger charge is -2.23. The molecule has 5 heteroatoms. The van der Waals surface area contributed by atoms with Crippen molar-refractivity contribution in [1.82, 2.24) is 4.98 Å². The summed E-state index contributed by atoms with van der Waals surface area (Å²) in [6.45, 7) is 9.09.